The molecule has 1 heterocycles. The number of benzene rings is 2. The zero-order valence-corrected chi connectivity index (χ0v) is 12.6. The smallest absolute Gasteiger partial charge is 0.316 e. The second-order valence-electron chi connectivity index (χ2n) is 5.33. The molecule has 2 amide bonds. The monoisotopic (exact) mass is 300 g/mol. The van der Waals surface area contributed by atoms with Gasteiger partial charge in [-0.2, -0.15) is 0 Å². The highest BCUT2D eigenvalue weighted by Crippen LogP contribution is 2.26. The lowest BCUT2D eigenvalue weighted by atomic mass is 10.2. The number of nitrogens with zero attached hydrogens (tertiary/aromatic N) is 2. The van der Waals surface area contributed by atoms with Gasteiger partial charge < -0.3 is 4.90 Å². The molecule has 108 valence electrons. The average Bonchev–Trinajstić information content (AvgIpc) is 2.77. The SMILES string of the molecule is C[C@H]1CN(c2ccc(Cl)cc2)C(=O)N1Cc1ccccc1. The summed E-state index contributed by atoms with van der Waals surface area (Å²) >= 11 is 5.91. The van der Waals surface area contributed by atoms with Crippen LogP contribution in [0, 0.1) is 0 Å². The van der Waals surface area contributed by atoms with Crippen LogP contribution in [-0.2, 0) is 6.54 Å². The third-order valence-corrected chi connectivity index (χ3v) is 4.04. The molecule has 0 unspecified atom stereocenters. The molecule has 1 aliphatic heterocycles. The third kappa shape index (κ3) is 2.88. The molecular formula is C17H17ClN2O. The van der Waals surface area contributed by atoms with E-state index in [1.54, 1.807) is 0 Å². The molecule has 1 aliphatic rings. The number of anilines is 1. The molecular weight excluding hydrogens is 284 g/mol. The van der Waals surface area contributed by atoms with Gasteiger partial charge in [0.25, 0.3) is 0 Å². The molecule has 21 heavy (non-hydrogen) atoms. The first kappa shape index (κ1) is 14.0. The quantitative estimate of drug-likeness (QED) is 0.834. The van der Waals surface area contributed by atoms with Crippen molar-refractivity contribution in [3.63, 3.8) is 0 Å². The molecule has 1 fully saturated rings. The van der Waals surface area contributed by atoms with Crippen molar-refractivity contribution in [2.45, 2.75) is 19.5 Å². The van der Waals surface area contributed by atoms with Crippen LogP contribution in [0.15, 0.2) is 54.6 Å². The van der Waals surface area contributed by atoms with Gasteiger partial charge >= 0.3 is 6.03 Å². The molecule has 0 aromatic heterocycles. The number of carbonyl (C=O) groups is 1. The summed E-state index contributed by atoms with van der Waals surface area (Å²) in [6.07, 6.45) is 0. The molecule has 2 aromatic rings. The van der Waals surface area contributed by atoms with Gasteiger partial charge in [-0.15, -0.1) is 0 Å². The maximum atomic E-state index is 12.6. The van der Waals surface area contributed by atoms with Crippen molar-refractivity contribution in [3.8, 4) is 0 Å². The van der Waals surface area contributed by atoms with Crippen molar-refractivity contribution in [1.82, 2.24) is 4.90 Å². The molecule has 2 aromatic carbocycles. The van der Waals surface area contributed by atoms with E-state index in [4.69, 9.17) is 11.6 Å². The van der Waals surface area contributed by atoms with Crippen LogP contribution in [-0.4, -0.2) is 23.5 Å². The summed E-state index contributed by atoms with van der Waals surface area (Å²) in [5.41, 5.74) is 2.04. The van der Waals surface area contributed by atoms with Gasteiger partial charge in [-0.25, -0.2) is 4.79 Å². The molecule has 0 bridgehead atoms. The number of carbonyl (C=O) groups excluding carboxylic acids is 1. The van der Waals surface area contributed by atoms with Crippen LogP contribution in [0.25, 0.3) is 0 Å². The lowest BCUT2D eigenvalue weighted by molar-refractivity contribution is 0.206. The van der Waals surface area contributed by atoms with Crippen LogP contribution < -0.4 is 4.90 Å². The molecule has 1 saturated heterocycles. The Balaban J connectivity index is 1.79. The van der Waals surface area contributed by atoms with Gasteiger partial charge in [-0.05, 0) is 36.8 Å². The second kappa shape index (κ2) is 5.78. The molecule has 3 rings (SSSR count). The van der Waals surface area contributed by atoms with Crippen LogP contribution in [0.2, 0.25) is 5.02 Å². The van der Waals surface area contributed by atoms with E-state index in [-0.39, 0.29) is 12.1 Å². The van der Waals surface area contributed by atoms with Crippen molar-refractivity contribution in [2.75, 3.05) is 11.4 Å². The minimum atomic E-state index is 0.0497. The topological polar surface area (TPSA) is 23.6 Å². The standard InChI is InChI=1S/C17H17ClN2O/c1-13-11-20(16-9-7-15(18)8-10-16)17(21)19(13)12-14-5-3-2-4-6-14/h2-10,13H,11-12H2,1H3/t13-/m0/s1. The summed E-state index contributed by atoms with van der Waals surface area (Å²) in [5.74, 6) is 0. The van der Waals surface area contributed by atoms with Gasteiger partial charge in [0.1, 0.15) is 0 Å². The summed E-state index contributed by atoms with van der Waals surface area (Å²) in [4.78, 5) is 16.3. The molecule has 0 N–H and O–H groups in total. The van der Waals surface area contributed by atoms with Gasteiger partial charge in [0.05, 0.1) is 0 Å². The zero-order chi connectivity index (χ0) is 14.8. The van der Waals surface area contributed by atoms with Crippen molar-refractivity contribution in [3.05, 3.63) is 65.2 Å². The van der Waals surface area contributed by atoms with E-state index in [9.17, 15) is 4.79 Å². The number of hydrogen-bond acceptors (Lipinski definition) is 1. The van der Waals surface area contributed by atoms with Crippen LogP contribution in [0.5, 0.6) is 0 Å². The van der Waals surface area contributed by atoms with Crippen molar-refractivity contribution in [2.24, 2.45) is 0 Å². The molecule has 0 aliphatic carbocycles. The van der Waals surface area contributed by atoms with E-state index in [0.29, 0.717) is 18.1 Å². The van der Waals surface area contributed by atoms with Crippen molar-refractivity contribution in [1.29, 1.82) is 0 Å². The Morgan fingerprint density at radius 3 is 2.43 bits per heavy atom. The van der Waals surface area contributed by atoms with Gasteiger partial charge in [0, 0.05) is 29.8 Å². The summed E-state index contributed by atoms with van der Waals surface area (Å²) in [6, 6.07) is 17.7. The molecule has 0 radical (unpaired) electrons. The predicted molar refractivity (Wildman–Crippen MR) is 85.6 cm³/mol. The Bertz CT molecular complexity index is 627. The van der Waals surface area contributed by atoms with Gasteiger partial charge in [0.15, 0.2) is 0 Å². The van der Waals surface area contributed by atoms with E-state index in [0.717, 1.165) is 11.3 Å². The zero-order valence-electron chi connectivity index (χ0n) is 11.9. The fourth-order valence-electron chi connectivity index (χ4n) is 2.62. The highest BCUT2D eigenvalue weighted by Gasteiger charge is 2.35. The molecule has 1 atom stereocenters. The minimum Gasteiger partial charge on any atom is -0.316 e. The highest BCUT2D eigenvalue weighted by atomic mass is 35.5. The lowest BCUT2D eigenvalue weighted by Crippen LogP contribution is -2.33. The first-order valence-corrected chi connectivity index (χ1v) is 7.40. The number of urea groups is 1. The highest BCUT2D eigenvalue weighted by molar-refractivity contribution is 6.30. The number of rotatable bonds is 3. The van der Waals surface area contributed by atoms with Gasteiger partial charge in [-0.1, -0.05) is 41.9 Å². The lowest BCUT2D eigenvalue weighted by Gasteiger charge is -2.20. The second-order valence-corrected chi connectivity index (χ2v) is 5.77. The van der Waals surface area contributed by atoms with Crippen LogP contribution >= 0.6 is 11.6 Å². The summed E-state index contributed by atoms with van der Waals surface area (Å²) in [5, 5.41) is 0.680. The van der Waals surface area contributed by atoms with Crippen LogP contribution in [0.3, 0.4) is 0 Å². The van der Waals surface area contributed by atoms with Crippen LogP contribution in [0.1, 0.15) is 12.5 Å². The fraction of sp³-hybridized carbons (Fsp3) is 0.235. The first-order valence-electron chi connectivity index (χ1n) is 7.03. The normalized spacial score (nSPS) is 18.4. The van der Waals surface area contributed by atoms with Crippen molar-refractivity contribution >= 4 is 23.3 Å². The Labute approximate surface area is 129 Å². The molecule has 4 heteroatoms. The van der Waals surface area contributed by atoms with E-state index >= 15 is 0 Å². The maximum absolute atomic E-state index is 12.6. The maximum Gasteiger partial charge on any atom is 0.325 e. The molecule has 3 nitrogen and oxygen atoms in total. The summed E-state index contributed by atoms with van der Waals surface area (Å²) in [6.45, 7) is 3.43. The van der Waals surface area contributed by atoms with Crippen molar-refractivity contribution < 1.29 is 4.79 Å². The predicted octanol–water partition coefficient (Wildman–Crippen LogP) is 4.17. The van der Waals surface area contributed by atoms with E-state index in [2.05, 4.69) is 6.92 Å². The number of amides is 2. The third-order valence-electron chi connectivity index (χ3n) is 3.79. The number of hydrogen-bond donors (Lipinski definition) is 0. The Hall–Kier alpha value is -2.00. The summed E-state index contributed by atoms with van der Waals surface area (Å²) < 4.78 is 0. The van der Waals surface area contributed by atoms with E-state index in [1.165, 1.54) is 0 Å². The molecule has 0 saturated carbocycles. The number of halogens is 1. The van der Waals surface area contributed by atoms with Gasteiger partial charge in [-0.3, -0.25) is 4.90 Å². The molecule has 0 spiro atoms. The van der Waals surface area contributed by atoms with Crippen LogP contribution in [0.4, 0.5) is 10.5 Å². The first-order chi connectivity index (χ1) is 10.1. The average molecular weight is 301 g/mol. The van der Waals surface area contributed by atoms with Gasteiger partial charge in [0.2, 0.25) is 0 Å². The Morgan fingerprint density at radius 2 is 1.76 bits per heavy atom. The minimum absolute atomic E-state index is 0.0497. The Kier molecular flexibility index (Phi) is 3.84. The van der Waals surface area contributed by atoms with E-state index < -0.39 is 0 Å². The largest absolute Gasteiger partial charge is 0.325 e. The fourth-order valence-corrected chi connectivity index (χ4v) is 2.75. The Morgan fingerprint density at radius 1 is 1.10 bits per heavy atom. The summed E-state index contributed by atoms with van der Waals surface area (Å²) in [7, 11) is 0. The van der Waals surface area contributed by atoms with E-state index in [1.807, 2.05) is 64.4 Å².